The summed E-state index contributed by atoms with van der Waals surface area (Å²) in [5, 5.41) is 9.07. The Bertz CT molecular complexity index is 3170. The lowest BCUT2D eigenvalue weighted by atomic mass is 9.99. The quantitative estimate of drug-likeness (QED) is 0.182. The van der Waals surface area contributed by atoms with E-state index >= 15 is 0 Å². The Morgan fingerprint density at radius 2 is 0.962 bits per heavy atom. The van der Waals surface area contributed by atoms with E-state index in [2.05, 4.69) is 193 Å². The van der Waals surface area contributed by atoms with Crippen LogP contribution in [0.5, 0.6) is 0 Å². The minimum absolute atomic E-state index is 0.822. The SMILES string of the molecule is c1ccc(-c2cccc3oc4c(N(c5ccc(-c6ccc7ccccc7c6)cc5)c5cccc6c5oc5c7ccccc7ccc65)cccc4c23)cc1. The number of rotatable bonds is 5. The van der Waals surface area contributed by atoms with Crippen molar-refractivity contribution < 1.29 is 8.83 Å². The molecule has 9 aromatic carbocycles. The van der Waals surface area contributed by atoms with Gasteiger partial charge < -0.3 is 13.7 Å². The van der Waals surface area contributed by atoms with Crippen LogP contribution < -0.4 is 4.90 Å². The van der Waals surface area contributed by atoms with Crippen LogP contribution in [0.3, 0.4) is 0 Å². The Kier molecular flexibility index (Phi) is 6.55. The number of para-hydroxylation sites is 2. The van der Waals surface area contributed by atoms with Crippen LogP contribution in [-0.2, 0) is 0 Å². The predicted octanol–water partition coefficient (Wildman–Crippen LogP) is 14.6. The minimum atomic E-state index is 0.822. The molecular weight excluding hydrogens is 647 g/mol. The fraction of sp³-hybridized carbons (Fsp3) is 0. The topological polar surface area (TPSA) is 29.5 Å². The predicted molar refractivity (Wildman–Crippen MR) is 222 cm³/mol. The van der Waals surface area contributed by atoms with Crippen molar-refractivity contribution in [3.8, 4) is 22.3 Å². The van der Waals surface area contributed by atoms with Crippen molar-refractivity contribution in [2.45, 2.75) is 0 Å². The van der Waals surface area contributed by atoms with Crippen LogP contribution in [0.25, 0.3) is 87.7 Å². The second-order valence-corrected chi connectivity index (χ2v) is 13.7. The summed E-state index contributed by atoms with van der Waals surface area (Å²) >= 11 is 0. The number of furan rings is 2. The van der Waals surface area contributed by atoms with Crippen LogP contribution in [0.4, 0.5) is 17.1 Å². The van der Waals surface area contributed by atoms with Crippen molar-refractivity contribution in [3.63, 3.8) is 0 Å². The second-order valence-electron chi connectivity index (χ2n) is 13.7. The number of benzene rings is 9. The van der Waals surface area contributed by atoms with Gasteiger partial charge in [0.15, 0.2) is 11.2 Å². The zero-order valence-corrected chi connectivity index (χ0v) is 28.7. The van der Waals surface area contributed by atoms with E-state index < -0.39 is 0 Å². The van der Waals surface area contributed by atoms with Crippen molar-refractivity contribution in [2.24, 2.45) is 0 Å². The molecule has 0 atom stereocenters. The van der Waals surface area contributed by atoms with Gasteiger partial charge in [-0.3, -0.25) is 0 Å². The summed E-state index contributed by atoms with van der Waals surface area (Å²) in [4.78, 5) is 2.30. The molecule has 0 fully saturated rings. The van der Waals surface area contributed by atoms with E-state index in [-0.39, 0.29) is 0 Å². The van der Waals surface area contributed by atoms with E-state index in [1.54, 1.807) is 0 Å². The monoisotopic (exact) mass is 677 g/mol. The third kappa shape index (κ3) is 4.68. The van der Waals surface area contributed by atoms with Crippen molar-refractivity contribution in [2.75, 3.05) is 4.90 Å². The average molecular weight is 678 g/mol. The molecule has 248 valence electrons. The maximum absolute atomic E-state index is 6.93. The third-order valence-corrected chi connectivity index (χ3v) is 10.6. The summed E-state index contributed by atoms with van der Waals surface area (Å²) in [6.45, 7) is 0. The Morgan fingerprint density at radius 1 is 0.340 bits per heavy atom. The lowest BCUT2D eigenvalue weighted by Gasteiger charge is -2.25. The molecule has 0 saturated carbocycles. The molecule has 2 aromatic heterocycles. The van der Waals surface area contributed by atoms with E-state index in [1.807, 2.05) is 0 Å². The zero-order valence-electron chi connectivity index (χ0n) is 28.7. The fourth-order valence-electron chi connectivity index (χ4n) is 8.13. The number of hydrogen-bond donors (Lipinski definition) is 0. The van der Waals surface area contributed by atoms with Crippen LogP contribution >= 0.6 is 0 Å². The van der Waals surface area contributed by atoms with Gasteiger partial charge in [0.1, 0.15) is 11.2 Å². The summed E-state index contributed by atoms with van der Waals surface area (Å²) in [6.07, 6.45) is 0. The first-order valence-corrected chi connectivity index (χ1v) is 18.0. The molecule has 0 saturated heterocycles. The zero-order chi connectivity index (χ0) is 34.9. The molecule has 53 heavy (non-hydrogen) atoms. The van der Waals surface area contributed by atoms with Crippen molar-refractivity contribution >= 4 is 82.5 Å². The highest BCUT2D eigenvalue weighted by Gasteiger charge is 2.24. The van der Waals surface area contributed by atoms with Gasteiger partial charge >= 0.3 is 0 Å². The minimum Gasteiger partial charge on any atom is -0.454 e. The molecule has 0 aliphatic heterocycles. The Morgan fingerprint density at radius 3 is 1.79 bits per heavy atom. The van der Waals surface area contributed by atoms with Gasteiger partial charge in [-0.25, -0.2) is 0 Å². The largest absolute Gasteiger partial charge is 0.454 e. The Labute approximate surface area is 305 Å². The van der Waals surface area contributed by atoms with Gasteiger partial charge in [-0.2, -0.15) is 0 Å². The lowest BCUT2D eigenvalue weighted by Crippen LogP contribution is -2.10. The lowest BCUT2D eigenvalue weighted by molar-refractivity contribution is 0.667. The van der Waals surface area contributed by atoms with Gasteiger partial charge in [-0.1, -0.05) is 146 Å². The molecule has 0 amide bonds. The van der Waals surface area contributed by atoms with Crippen LogP contribution in [0.15, 0.2) is 197 Å². The van der Waals surface area contributed by atoms with E-state index in [0.29, 0.717) is 0 Å². The summed E-state index contributed by atoms with van der Waals surface area (Å²) in [5.41, 5.74) is 10.9. The Hall–Kier alpha value is -7.10. The summed E-state index contributed by atoms with van der Waals surface area (Å²) in [7, 11) is 0. The smallest absolute Gasteiger partial charge is 0.159 e. The number of fused-ring (bicyclic) bond motifs is 9. The maximum atomic E-state index is 6.93. The fourth-order valence-corrected chi connectivity index (χ4v) is 8.13. The van der Waals surface area contributed by atoms with Crippen molar-refractivity contribution in [1.29, 1.82) is 0 Å². The first-order chi connectivity index (χ1) is 26.3. The van der Waals surface area contributed by atoms with E-state index in [1.165, 1.54) is 16.3 Å². The first-order valence-electron chi connectivity index (χ1n) is 18.0. The molecule has 0 N–H and O–H groups in total. The van der Waals surface area contributed by atoms with Gasteiger partial charge in [0.05, 0.1) is 11.4 Å². The third-order valence-electron chi connectivity index (χ3n) is 10.6. The molecule has 0 aliphatic carbocycles. The highest BCUT2D eigenvalue weighted by atomic mass is 16.3. The van der Waals surface area contributed by atoms with Gasteiger partial charge in [-0.05, 0) is 80.9 Å². The van der Waals surface area contributed by atoms with Gasteiger partial charge in [0.2, 0.25) is 0 Å². The normalized spacial score (nSPS) is 11.8. The Balaban J connectivity index is 1.16. The molecule has 3 nitrogen and oxygen atoms in total. The molecule has 0 bridgehead atoms. The average Bonchev–Trinajstić information content (AvgIpc) is 3.81. The van der Waals surface area contributed by atoms with Crippen molar-refractivity contribution in [1.82, 2.24) is 0 Å². The molecule has 0 spiro atoms. The molecule has 0 radical (unpaired) electrons. The molecule has 0 unspecified atom stereocenters. The van der Waals surface area contributed by atoms with Crippen LogP contribution in [0.2, 0.25) is 0 Å². The van der Waals surface area contributed by atoms with E-state index in [4.69, 9.17) is 8.83 Å². The van der Waals surface area contributed by atoms with Crippen LogP contribution in [0, 0.1) is 0 Å². The molecular formula is C50H31NO2. The molecule has 2 heterocycles. The van der Waals surface area contributed by atoms with Gasteiger partial charge in [0, 0.05) is 32.6 Å². The summed E-state index contributed by atoms with van der Waals surface area (Å²) in [5.74, 6) is 0. The van der Waals surface area contributed by atoms with E-state index in [9.17, 15) is 0 Å². The highest BCUT2D eigenvalue weighted by molar-refractivity contribution is 6.19. The number of nitrogens with zero attached hydrogens (tertiary/aromatic N) is 1. The highest BCUT2D eigenvalue weighted by Crippen LogP contribution is 2.48. The van der Waals surface area contributed by atoms with Crippen LogP contribution in [-0.4, -0.2) is 0 Å². The first kappa shape index (κ1) is 29.6. The second kappa shape index (κ2) is 11.7. The molecule has 11 rings (SSSR count). The number of hydrogen-bond acceptors (Lipinski definition) is 3. The summed E-state index contributed by atoms with van der Waals surface area (Å²) in [6, 6.07) is 66.6. The van der Waals surface area contributed by atoms with E-state index in [0.717, 1.165) is 88.4 Å². The van der Waals surface area contributed by atoms with Gasteiger partial charge in [0.25, 0.3) is 0 Å². The molecule has 0 aliphatic rings. The van der Waals surface area contributed by atoms with Gasteiger partial charge in [-0.15, -0.1) is 0 Å². The number of anilines is 3. The van der Waals surface area contributed by atoms with Crippen molar-refractivity contribution in [3.05, 3.63) is 188 Å². The van der Waals surface area contributed by atoms with Crippen LogP contribution in [0.1, 0.15) is 0 Å². The standard InChI is InChI=1S/C50H31NO2/c1-2-12-34(13-3-1)39-17-10-22-46-47(39)43-19-9-21-45(50(43)52-46)51(38-28-25-33(26-29-38)37-24-23-32-11-4-5-15-36(32)31-37)44-20-8-18-41-42-30-27-35-14-6-7-16-40(35)48(42)53-49(41)44/h1-31H. The summed E-state index contributed by atoms with van der Waals surface area (Å²) < 4.78 is 13.8. The molecule has 11 aromatic rings. The maximum Gasteiger partial charge on any atom is 0.159 e. The molecule has 3 heteroatoms.